The molecule has 0 saturated heterocycles. The van der Waals surface area contributed by atoms with Crippen molar-refractivity contribution in [2.75, 3.05) is 0 Å². The van der Waals surface area contributed by atoms with Crippen molar-refractivity contribution in [3.63, 3.8) is 0 Å². The van der Waals surface area contributed by atoms with Crippen molar-refractivity contribution in [1.29, 1.82) is 5.26 Å². The van der Waals surface area contributed by atoms with Gasteiger partial charge >= 0.3 is 5.97 Å². The lowest BCUT2D eigenvalue weighted by Gasteiger charge is -2.16. The molecule has 3 aromatic rings. The number of carboxylic acids is 1. The molecule has 0 radical (unpaired) electrons. The Morgan fingerprint density at radius 2 is 2.12 bits per heavy atom. The Morgan fingerprint density at radius 3 is 2.85 bits per heavy atom. The molecule has 0 amide bonds. The third-order valence-electron chi connectivity index (χ3n) is 4.68. The van der Waals surface area contributed by atoms with Gasteiger partial charge in [0.25, 0.3) is 0 Å². The number of aliphatic carboxylic acids is 1. The number of benzene rings is 2. The van der Waals surface area contributed by atoms with Crippen LogP contribution in [0.3, 0.4) is 0 Å². The molecule has 2 aromatic carbocycles. The zero-order valence-corrected chi connectivity index (χ0v) is 14.6. The third-order valence-corrected chi connectivity index (χ3v) is 6.13. The van der Waals surface area contributed by atoms with Gasteiger partial charge in [-0.2, -0.15) is 5.26 Å². The van der Waals surface area contributed by atoms with Gasteiger partial charge in [-0.1, -0.05) is 18.2 Å². The maximum atomic E-state index is 14.4. The van der Waals surface area contributed by atoms with Crippen molar-refractivity contribution >= 4 is 28.5 Å². The normalized spacial score (nSPS) is 18.5. The first kappa shape index (κ1) is 16.6. The van der Waals surface area contributed by atoms with Gasteiger partial charge in [-0.25, -0.2) is 4.39 Å². The summed E-state index contributed by atoms with van der Waals surface area (Å²) in [6, 6.07) is 10.1. The molecule has 2 heterocycles. The SMILES string of the molecule is CC1(C(=O)O)Cc2cncc(-c3ccc(C#N)c4c(F)cccc34)c2S1. The van der Waals surface area contributed by atoms with E-state index in [1.165, 1.54) is 17.8 Å². The van der Waals surface area contributed by atoms with E-state index >= 15 is 0 Å². The maximum absolute atomic E-state index is 14.4. The molecular formula is C20H13FN2O2S. The minimum absolute atomic E-state index is 0.269. The van der Waals surface area contributed by atoms with E-state index in [2.05, 4.69) is 4.98 Å². The van der Waals surface area contributed by atoms with Gasteiger partial charge in [0.2, 0.25) is 0 Å². The highest BCUT2D eigenvalue weighted by Crippen LogP contribution is 2.50. The second-order valence-corrected chi connectivity index (χ2v) is 7.94. The van der Waals surface area contributed by atoms with E-state index in [9.17, 15) is 19.6 Å². The van der Waals surface area contributed by atoms with Crippen molar-refractivity contribution in [3.8, 4) is 17.2 Å². The number of nitriles is 1. The molecule has 128 valence electrons. The minimum Gasteiger partial charge on any atom is -0.480 e. The molecule has 1 aliphatic rings. The standard InChI is InChI=1S/C20H13FN2O2S/c1-20(19(24)25)7-12-9-23-10-15(18(12)26-20)13-6-5-11(8-22)17-14(13)3-2-4-16(17)21/h2-6,9-10H,7H2,1H3,(H,24,25). The molecule has 26 heavy (non-hydrogen) atoms. The fourth-order valence-electron chi connectivity index (χ4n) is 3.36. The van der Waals surface area contributed by atoms with Crippen LogP contribution in [-0.4, -0.2) is 20.8 Å². The van der Waals surface area contributed by atoms with Crippen LogP contribution in [0.4, 0.5) is 4.39 Å². The second kappa shape index (κ2) is 5.82. The van der Waals surface area contributed by atoms with E-state index in [-0.39, 0.29) is 10.9 Å². The highest BCUT2D eigenvalue weighted by molar-refractivity contribution is 8.01. The number of carboxylic acid groups (broad SMARTS) is 1. The van der Waals surface area contributed by atoms with E-state index < -0.39 is 16.5 Å². The third kappa shape index (κ3) is 2.36. The van der Waals surface area contributed by atoms with Crippen LogP contribution in [0.1, 0.15) is 18.1 Å². The number of fused-ring (bicyclic) bond motifs is 2. The van der Waals surface area contributed by atoms with Crippen molar-refractivity contribution in [2.45, 2.75) is 23.0 Å². The van der Waals surface area contributed by atoms with Crippen molar-refractivity contribution < 1.29 is 14.3 Å². The molecule has 4 rings (SSSR count). The summed E-state index contributed by atoms with van der Waals surface area (Å²) in [5.74, 6) is -1.33. The number of pyridine rings is 1. The summed E-state index contributed by atoms with van der Waals surface area (Å²) in [6.07, 6.45) is 3.74. The van der Waals surface area contributed by atoms with E-state index in [4.69, 9.17) is 0 Å². The second-order valence-electron chi connectivity index (χ2n) is 6.43. The molecule has 0 saturated carbocycles. The Kier molecular flexibility index (Phi) is 3.70. The Labute approximate surface area is 153 Å². The summed E-state index contributed by atoms with van der Waals surface area (Å²) in [7, 11) is 0. The predicted octanol–water partition coefficient (Wildman–Crippen LogP) is 4.40. The van der Waals surface area contributed by atoms with Gasteiger partial charge in [-0.15, -0.1) is 11.8 Å². The number of carbonyl (C=O) groups is 1. The smallest absolute Gasteiger partial charge is 0.320 e. The number of aromatic nitrogens is 1. The number of thioether (sulfide) groups is 1. The Balaban J connectivity index is 1.99. The maximum Gasteiger partial charge on any atom is 0.320 e. The molecule has 0 bridgehead atoms. The summed E-state index contributed by atoms with van der Waals surface area (Å²) in [6.45, 7) is 1.69. The van der Waals surface area contributed by atoms with Gasteiger partial charge < -0.3 is 5.11 Å². The zero-order valence-electron chi connectivity index (χ0n) is 13.8. The summed E-state index contributed by atoms with van der Waals surface area (Å²) in [5.41, 5.74) is 2.64. The van der Waals surface area contributed by atoms with Gasteiger partial charge in [-0.3, -0.25) is 9.78 Å². The lowest BCUT2D eigenvalue weighted by molar-refractivity contribution is -0.139. The van der Waals surface area contributed by atoms with Crippen LogP contribution in [0.5, 0.6) is 0 Å². The fourth-order valence-corrected chi connectivity index (χ4v) is 4.66. The van der Waals surface area contributed by atoms with Crippen LogP contribution in [0.2, 0.25) is 0 Å². The van der Waals surface area contributed by atoms with Gasteiger partial charge in [0.1, 0.15) is 10.6 Å². The number of hydrogen-bond acceptors (Lipinski definition) is 4. The molecule has 6 heteroatoms. The Hall–Kier alpha value is -2.91. The fraction of sp³-hybridized carbons (Fsp3) is 0.150. The summed E-state index contributed by atoms with van der Waals surface area (Å²) >= 11 is 1.29. The van der Waals surface area contributed by atoms with E-state index in [0.717, 1.165) is 21.6 Å². The molecule has 1 aliphatic heterocycles. The van der Waals surface area contributed by atoms with Crippen molar-refractivity contribution in [1.82, 2.24) is 4.98 Å². The number of hydrogen-bond donors (Lipinski definition) is 1. The summed E-state index contributed by atoms with van der Waals surface area (Å²) in [4.78, 5) is 16.8. The average molecular weight is 364 g/mol. The molecule has 1 N–H and O–H groups in total. The van der Waals surface area contributed by atoms with Gasteiger partial charge in [0.15, 0.2) is 0 Å². The first-order valence-electron chi connectivity index (χ1n) is 7.95. The number of halogens is 1. The minimum atomic E-state index is -0.951. The molecular weight excluding hydrogens is 351 g/mol. The van der Waals surface area contributed by atoms with Gasteiger partial charge in [-0.05, 0) is 35.6 Å². The molecule has 1 unspecified atom stereocenters. The molecule has 1 atom stereocenters. The first-order valence-corrected chi connectivity index (χ1v) is 8.77. The van der Waals surface area contributed by atoms with Crippen LogP contribution in [0.15, 0.2) is 47.6 Å². The molecule has 0 spiro atoms. The lowest BCUT2D eigenvalue weighted by atomic mass is 9.94. The summed E-state index contributed by atoms with van der Waals surface area (Å²) in [5, 5.41) is 19.8. The zero-order chi connectivity index (χ0) is 18.5. The topological polar surface area (TPSA) is 74.0 Å². The molecule has 0 fully saturated rings. The van der Waals surface area contributed by atoms with E-state index in [0.29, 0.717) is 11.8 Å². The predicted molar refractivity (Wildman–Crippen MR) is 97.5 cm³/mol. The van der Waals surface area contributed by atoms with E-state index in [1.54, 1.807) is 43.6 Å². The average Bonchev–Trinajstić information content (AvgIpc) is 2.99. The van der Waals surface area contributed by atoms with Crippen LogP contribution >= 0.6 is 11.8 Å². The highest BCUT2D eigenvalue weighted by Gasteiger charge is 2.42. The monoisotopic (exact) mass is 364 g/mol. The highest BCUT2D eigenvalue weighted by atomic mass is 32.2. The van der Waals surface area contributed by atoms with Gasteiger partial charge in [0.05, 0.1) is 11.6 Å². The van der Waals surface area contributed by atoms with Crippen LogP contribution in [0, 0.1) is 17.1 Å². The Morgan fingerprint density at radius 1 is 1.31 bits per heavy atom. The van der Waals surface area contributed by atoms with Crippen molar-refractivity contribution in [2.24, 2.45) is 0 Å². The van der Waals surface area contributed by atoms with Crippen LogP contribution < -0.4 is 0 Å². The first-order chi connectivity index (χ1) is 12.4. The van der Waals surface area contributed by atoms with Gasteiger partial charge in [0, 0.05) is 34.7 Å². The van der Waals surface area contributed by atoms with Crippen LogP contribution in [-0.2, 0) is 11.2 Å². The molecule has 0 aliphatic carbocycles. The molecule has 4 nitrogen and oxygen atoms in total. The van der Waals surface area contributed by atoms with E-state index in [1.807, 2.05) is 6.07 Å². The van der Waals surface area contributed by atoms with Crippen LogP contribution in [0.25, 0.3) is 21.9 Å². The number of rotatable bonds is 2. The van der Waals surface area contributed by atoms with Crippen molar-refractivity contribution in [3.05, 3.63) is 59.7 Å². The largest absolute Gasteiger partial charge is 0.480 e. The number of nitrogens with zero attached hydrogens (tertiary/aromatic N) is 2. The lowest BCUT2D eigenvalue weighted by Crippen LogP contribution is -2.30. The Bertz CT molecular complexity index is 1120. The summed E-state index contributed by atoms with van der Waals surface area (Å²) < 4.78 is 13.4. The quantitative estimate of drug-likeness (QED) is 0.729. The molecule has 1 aromatic heterocycles.